The minimum Gasteiger partial charge on any atom is -0.350 e. The van der Waals surface area contributed by atoms with Crippen LogP contribution in [0.3, 0.4) is 0 Å². The van der Waals surface area contributed by atoms with Crippen molar-refractivity contribution in [2.24, 2.45) is 0 Å². The summed E-state index contributed by atoms with van der Waals surface area (Å²) in [4.78, 5) is 28.4. The fourth-order valence-corrected chi connectivity index (χ4v) is 5.94. The number of amides is 2. The van der Waals surface area contributed by atoms with E-state index in [1.807, 2.05) is 0 Å². The third kappa shape index (κ3) is 8.25. The molecule has 0 bridgehead atoms. The number of sulfonamides is 1. The van der Waals surface area contributed by atoms with Crippen LogP contribution in [-0.2, 0) is 32.3 Å². The Bertz CT molecular complexity index is 1500. The number of halogens is 4. The van der Waals surface area contributed by atoms with E-state index in [0.717, 1.165) is 12.1 Å². The summed E-state index contributed by atoms with van der Waals surface area (Å²) in [5.41, 5.74) is -1.60. The van der Waals surface area contributed by atoms with Gasteiger partial charge >= 0.3 is 6.18 Å². The Morgan fingerprint density at radius 3 is 2.02 bits per heavy atom. The van der Waals surface area contributed by atoms with Crippen molar-refractivity contribution in [1.82, 2.24) is 10.2 Å². The summed E-state index contributed by atoms with van der Waals surface area (Å²) in [5.74, 6) is -1.23. The van der Waals surface area contributed by atoms with Crippen LogP contribution < -0.4 is 9.62 Å². The zero-order valence-electron chi connectivity index (χ0n) is 23.7. The van der Waals surface area contributed by atoms with Gasteiger partial charge in [0, 0.05) is 12.1 Å². The molecule has 42 heavy (non-hydrogen) atoms. The molecule has 0 unspecified atom stereocenters. The molecule has 226 valence electrons. The van der Waals surface area contributed by atoms with Crippen LogP contribution in [0.4, 0.5) is 18.9 Å². The van der Waals surface area contributed by atoms with E-state index in [9.17, 15) is 31.2 Å². The van der Waals surface area contributed by atoms with Crippen LogP contribution in [0.25, 0.3) is 0 Å². The summed E-state index contributed by atoms with van der Waals surface area (Å²) in [7, 11) is -4.54. The van der Waals surface area contributed by atoms with Gasteiger partial charge in [0.1, 0.15) is 12.6 Å². The highest BCUT2D eigenvalue weighted by molar-refractivity contribution is 7.92. The molecular formula is C30H33ClF3N3O4S. The topological polar surface area (TPSA) is 86.8 Å². The largest absolute Gasteiger partial charge is 0.417 e. The molecule has 2 amide bonds. The lowest BCUT2D eigenvalue weighted by atomic mass is 10.1. The van der Waals surface area contributed by atoms with E-state index in [1.54, 1.807) is 64.1 Å². The summed E-state index contributed by atoms with van der Waals surface area (Å²) >= 11 is 5.80. The second kappa shape index (κ2) is 13.2. The summed E-state index contributed by atoms with van der Waals surface area (Å²) < 4.78 is 69.5. The van der Waals surface area contributed by atoms with Gasteiger partial charge in [0.25, 0.3) is 10.0 Å². The van der Waals surface area contributed by atoms with Crippen molar-refractivity contribution in [3.05, 3.63) is 95.0 Å². The smallest absolute Gasteiger partial charge is 0.350 e. The minimum absolute atomic E-state index is 0.0383. The van der Waals surface area contributed by atoms with Gasteiger partial charge in [-0.1, -0.05) is 67.1 Å². The van der Waals surface area contributed by atoms with Gasteiger partial charge in [0.2, 0.25) is 11.8 Å². The number of alkyl halides is 3. The van der Waals surface area contributed by atoms with Gasteiger partial charge in [0.15, 0.2) is 0 Å². The molecular weight excluding hydrogens is 591 g/mol. The van der Waals surface area contributed by atoms with Crippen LogP contribution in [-0.4, -0.2) is 43.3 Å². The first-order chi connectivity index (χ1) is 19.5. The number of rotatable bonds is 10. The number of carbonyl (C=O) groups excluding carboxylic acids is 2. The number of carbonyl (C=O) groups is 2. The molecule has 0 aliphatic heterocycles. The van der Waals surface area contributed by atoms with Gasteiger partial charge in [-0.3, -0.25) is 13.9 Å². The van der Waals surface area contributed by atoms with Gasteiger partial charge < -0.3 is 10.2 Å². The van der Waals surface area contributed by atoms with Crippen molar-refractivity contribution >= 4 is 39.1 Å². The van der Waals surface area contributed by atoms with Crippen LogP contribution in [0, 0.1) is 0 Å². The number of hydrogen-bond donors (Lipinski definition) is 1. The molecule has 0 radical (unpaired) electrons. The van der Waals surface area contributed by atoms with Crippen LogP contribution >= 0.6 is 11.6 Å². The van der Waals surface area contributed by atoms with Gasteiger partial charge in [-0.2, -0.15) is 13.2 Å². The number of anilines is 1. The number of nitrogens with one attached hydrogen (secondary N) is 1. The maximum Gasteiger partial charge on any atom is 0.417 e. The third-order valence-electron chi connectivity index (χ3n) is 6.23. The molecule has 0 aromatic heterocycles. The van der Waals surface area contributed by atoms with Crippen molar-refractivity contribution in [3.8, 4) is 0 Å². The highest BCUT2D eigenvalue weighted by Crippen LogP contribution is 2.38. The SMILES string of the molecule is CC[C@H](C(=O)NC(C)(C)C)N(Cc1ccccc1)C(=O)CN(c1ccc(Cl)c(C(F)(F)F)c1)S(=O)(=O)c1ccccc1. The predicted octanol–water partition coefficient (Wildman–Crippen LogP) is 6.28. The molecule has 0 fully saturated rings. The normalized spacial score (nSPS) is 12.9. The molecule has 12 heteroatoms. The van der Waals surface area contributed by atoms with Crippen LogP contribution in [0.5, 0.6) is 0 Å². The quantitative estimate of drug-likeness (QED) is 0.288. The van der Waals surface area contributed by atoms with E-state index in [2.05, 4.69) is 5.32 Å². The van der Waals surface area contributed by atoms with Crippen molar-refractivity contribution < 1.29 is 31.2 Å². The molecule has 3 aromatic carbocycles. The van der Waals surface area contributed by atoms with E-state index in [0.29, 0.717) is 15.9 Å². The molecule has 0 saturated carbocycles. The molecule has 7 nitrogen and oxygen atoms in total. The minimum atomic E-state index is -4.88. The lowest BCUT2D eigenvalue weighted by molar-refractivity contribution is -0.141. The zero-order chi connectivity index (χ0) is 31.3. The highest BCUT2D eigenvalue weighted by Gasteiger charge is 2.37. The number of nitrogens with zero attached hydrogens (tertiary/aromatic N) is 2. The Morgan fingerprint density at radius 2 is 1.50 bits per heavy atom. The number of hydrogen-bond acceptors (Lipinski definition) is 4. The van der Waals surface area contributed by atoms with E-state index < -0.39 is 62.4 Å². The van der Waals surface area contributed by atoms with Crippen LogP contribution in [0.1, 0.15) is 45.2 Å². The first-order valence-electron chi connectivity index (χ1n) is 13.1. The molecule has 0 aliphatic carbocycles. The fourth-order valence-electron chi connectivity index (χ4n) is 4.29. The molecule has 3 aromatic rings. The molecule has 0 saturated heterocycles. The monoisotopic (exact) mass is 623 g/mol. The molecule has 0 heterocycles. The Kier molecular flexibility index (Phi) is 10.3. The Labute approximate surface area is 249 Å². The summed E-state index contributed by atoms with van der Waals surface area (Å²) in [6, 6.07) is 17.5. The Hall–Kier alpha value is -3.57. The fraction of sp³-hybridized carbons (Fsp3) is 0.333. The molecule has 0 aliphatic rings. The molecule has 3 rings (SSSR count). The van der Waals surface area contributed by atoms with E-state index in [4.69, 9.17) is 11.6 Å². The third-order valence-corrected chi connectivity index (χ3v) is 8.35. The van der Waals surface area contributed by atoms with Crippen LogP contribution in [0.2, 0.25) is 5.02 Å². The van der Waals surface area contributed by atoms with Gasteiger partial charge in [0.05, 0.1) is 21.2 Å². The first kappa shape index (κ1) is 32.9. The van der Waals surface area contributed by atoms with Crippen molar-refractivity contribution in [1.29, 1.82) is 0 Å². The predicted molar refractivity (Wildman–Crippen MR) is 156 cm³/mol. The summed E-state index contributed by atoms with van der Waals surface area (Å²) in [5, 5.41) is 2.24. The van der Waals surface area contributed by atoms with E-state index in [-0.39, 0.29) is 17.9 Å². The Morgan fingerprint density at radius 1 is 0.929 bits per heavy atom. The highest BCUT2D eigenvalue weighted by atomic mass is 35.5. The van der Waals surface area contributed by atoms with Crippen LogP contribution in [0.15, 0.2) is 83.8 Å². The molecule has 1 atom stereocenters. The first-order valence-corrected chi connectivity index (χ1v) is 15.0. The van der Waals surface area contributed by atoms with Crippen molar-refractivity contribution in [2.45, 2.75) is 63.3 Å². The van der Waals surface area contributed by atoms with E-state index >= 15 is 0 Å². The second-order valence-corrected chi connectivity index (χ2v) is 12.9. The average Bonchev–Trinajstić information content (AvgIpc) is 2.91. The van der Waals surface area contributed by atoms with E-state index in [1.165, 1.54) is 29.2 Å². The van der Waals surface area contributed by atoms with Crippen molar-refractivity contribution in [3.63, 3.8) is 0 Å². The molecule has 0 spiro atoms. The molecule has 1 N–H and O–H groups in total. The van der Waals surface area contributed by atoms with Crippen molar-refractivity contribution in [2.75, 3.05) is 10.8 Å². The second-order valence-electron chi connectivity index (χ2n) is 10.7. The lowest BCUT2D eigenvalue weighted by Gasteiger charge is -2.35. The number of benzene rings is 3. The summed E-state index contributed by atoms with van der Waals surface area (Å²) in [6.45, 7) is 6.16. The Balaban J connectivity index is 2.14. The van der Waals surface area contributed by atoms with Gasteiger partial charge in [-0.15, -0.1) is 0 Å². The maximum atomic E-state index is 14.0. The average molecular weight is 624 g/mol. The summed E-state index contributed by atoms with van der Waals surface area (Å²) in [6.07, 6.45) is -4.68. The maximum absolute atomic E-state index is 14.0. The lowest BCUT2D eigenvalue weighted by Crippen LogP contribution is -2.55. The zero-order valence-corrected chi connectivity index (χ0v) is 25.2. The van der Waals surface area contributed by atoms with Gasteiger partial charge in [-0.05, 0) is 63.1 Å². The van der Waals surface area contributed by atoms with Gasteiger partial charge in [-0.25, -0.2) is 8.42 Å². The standard InChI is InChI=1S/C30H33ClF3N3O4S/c1-5-26(28(39)35-29(2,3)4)36(19-21-12-8-6-9-13-21)27(38)20-37(42(40,41)23-14-10-7-11-15-23)22-16-17-25(31)24(18-22)30(32,33)34/h6-18,26H,5,19-20H2,1-4H3,(H,35,39)/t26-/m1/s1.